The SMILES string of the molecule is CC(=O)N(CC1CCCC(CN(CC2CO2)CC2CO2)C1)CC1CO1. The molecule has 6 nitrogen and oxygen atoms in total. The minimum atomic E-state index is 0.191. The van der Waals surface area contributed by atoms with Crippen LogP contribution in [0, 0.1) is 11.8 Å². The smallest absolute Gasteiger partial charge is 0.219 e. The molecule has 5 unspecified atom stereocenters. The summed E-state index contributed by atoms with van der Waals surface area (Å²) in [5.41, 5.74) is 0. The Morgan fingerprint density at radius 1 is 0.840 bits per heavy atom. The Morgan fingerprint density at radius 3 is 1.88 bits per heavy atom. The van der Waals surface area contributed by atoms with Crippen molar-refractivity contribution >= 4 is 5.91 Å². The molecule has 0 aromatic rings. The van der Waals surface area contributed by atoms with E-state index in [4.69, 9.17) is 14.2 Å². The Bertz CT molecular complexity index is 448. The summed E-state index contributed by atoms with van der Waals surface area (Å²) in [5.74, 6) is 1.57. The van der Waals surface area contributed by atoms with Crippen LogP contribution in [0.2, 0.25) is 0 Å². The van der Waals surface area contributed by atoms with Crippen molar-refractivity contribution in [2.45, 2.75) is 50.9 Å². The Morgan fingerprint density at radius 2 is 1.36 bits per heavy atom. The highest BCUT2D eigenvalue weighted by Crippen LogP contribution is 2.31. The lowest BCUT2D eigenvalue weighted by Gasteiger charge is -2.35. The summed E-state index contributed by atoms with van der Waals surface area (Å²) in [4.78, 5) is 16.5. The fourth-order valence-corrected chi connectivity index (χ4v) is 4.31. The van der Waals surface area contributed by atoms with Gasteiger partial charge in [-0.25, -0.2) is 0 Å². The summed E-state index contributed by atoms with van der Waals surface area (Å²) in [5, 5.41) is 0. The van der Waals surface area contributed by atoms with Crippen LogP contribution < -0.4 is 0 Å². The Balaban J connectivity index is 1.25. The quantitative estimate of drug-likeness (QED) is 0.552. The van der Waals surface area contributed by atoms with Crippen molar-refractivity contribution in [3.63, 3.8) is 0 Å². The number of nitrogens with zero attached hydrogens (tertiary/aromatic N) is 2. The molecule has 1 saturated carbocycles. The lowest BCUT2D eigenvalue weighted by Crippen LogP contribution is -2.40. The van der Waals surface area contributed by atoms with Gasteiger partial charge in [-0.05, 0) is 31.1 Å². The summed E-state index contributed by atoms with van der Waals surface area (Å²) >= 11 is 0. The molecular weight excluding hydrogens is 320 g/mol. The van der Waals surface area contributed by atoms with Crippen molar-refractivity contribution in [2.24, 2.45) is 11.8 Å². The maximum atomic E-state index is 11.9. The van der Waals surface area contributed by atoms with E-state index in [9.17, 15) is 4.79 Å². The third kappa shape index (κ3) is 5.91. The van der Waals surface area contributed by atoms with E-state index in [-0.39, 0.29) is 12.0 Å². The van der Waals surface area contributed by atoms with Crippen molar-refractivity contribution in [1.82, 2.24) is 9.80 Å². The summed E-state index contributed by atoms with van der Waals surface area (Å²) in [6, 6.07) is 0. The van der Waals surface area contributed by atoms with E-state index in [0.29, 0.717) is 18.1 Å². The number of hydrogen-bond acceptors (Lipinski definition) is 5. The number of carbonyl (C=O) groups excluding carboxylic acids is 1. The maximum Gasteiger partial charge on any atom is 0.219 e. The highest BCUT2D eigenvalue weighted by molar-refractivity contribution is 5.73. The van der Waals surface area contributed by atoms with Gasteiger partial charge in [-0.1, -0.05) is 6.42 Å². The van der Waals surface area contributed by atoms with Crippen molar-refractivity contribution in [2.75, 3.05) is 52.5 Å². The molecule has 4 fully saturated rings. The van der Waals surface area contributed by atoms with Crippen molar-refractivity contribution in [3.05, 3.63) is 0 Å². The summed E-state index contributed by atoms with van der Waals surface area (Å²) in [7, 11) is 0. The van der Waals surface area contributed by atoms with Crippen molar-refractivity contribution in [1.29, 1.82) is 0 Å². The van der Waals surface area contributed by atoms with Gasteiger partial charge >= 0.3 is 0 Å². The Labute approximate surface area is 150 Å². The Kier molecular flexibility index (Phi) is 5.60. The average Bonchev–Trinajstić information content (AvgIpc) is 3.42. The van der Waals surface area contributed by atoms with E-state index in [1.165, 1.54) is 25.7 Å². The molecule has 3 saturated heterocycles. The van der Waals surface area contributed by atoms with Crippen LogP contribution in [-0.2, 0) is 19.0 Å². The molecule has 4 aliphatic rings. The van der Waals surface area contributed by atoms with Gasteiger partial charge in [-0.3, -0.25) is 9.69 Å². The van der Waals surface area contributed by atoms with Gasteiger partial charge in [0, 0.05) is 39.6 Å². The molecule has 3 aliphatic heterocycles. The summed E-state index contributed by atoms with van der Waals surface area (Å²) in [6.45, 7) is 9.30. The van der Waals surface area contributed by atoms with E-state index >= 15 is 0 Å². The third-order valence-corrected chi connectivity index (χ3v) is 5.89. The van der Waals surface area contributed by atoms with Crippen LogP contribution in [0.25, 0.3) is 0 Å². The van der Waals surface area contributed by atoms with Crippen LogP contribution in [0.3, 0.4) is 0 Å². The zero-order chi connectivity index (χ0) is 17.2. The summed E-state index contributed by atoms with van der Waals surface area (Å²) < 4.78 is 16.2. The molecule has 0 N–H and O–H groups in total. The number of carbonyl (C=O) groups is 1. The van der Waals surface area contributed by atoms with Crippen LogP contribution in [0.1, 0.15) is 32.6 Å². The van der Waals surface area contributed by atoms with Crippen LogP contribution in [0.4, 0.5) is 0 Å². The zero-order valence-electron chi connectivity index (χ0n) is 15.4. The van der Waals surface area contributed by atoms with Crippen molar-refractivity contribution < 1.29 is 19.0 Å². The maximum absolute atomic E-state index is 11.9. The monoisotopic (exact) mass is 352 g/mol. The van der Waals surface area contributed by atoms with Gasteiger partial charge < -0.3 is 19.1 Å². The molecule has 1 aliphatic carbocycles. The fourth-order valence-electron chi connectivity index (χ4n) is 4.31. The zero-order valence-corrected chi connectivity index (χ0v) is 15.4. The van der Waals surface area contributed by atoms with E-state index in [1.54, 1.807) is 6.92 Å². The normalized spacial score (nSPS) is 36.3. The molecule has 6 heteroatoms. The second-order valence-corrected chi connectivity index (χ2v) is 8.41. The largest absolute Gasteiger partial charge is 0.372 e. The molecule has 0 spiro atoms. The molecule has 142 valence electrons. The first-order valence-corrected chi connectivity index (χ1v) is 9.98. The first-order chi connectivity index (χ1) is 12.2. The van der Waals surface area contributed by atoms with Crippen LogP contribution in [-0.4, -0.2) is 86.6 Å². The molecule has 4 rings (SSSR count). The number of hydrogen-bond donors (Lipinski definition) is 0. The predicted molar refractivity (Wildman–Crippen MR) is 93.4 cm³/mol. The molecule has 0 aromatic heterocycles. The van der Waals surface area contributed by atoms with Crippen molar-refractivity contribution in [3.8, 4) is 0 Å². The van der Waals surface area contributed by atoms with Gasteiger partial charge in [-0.2, -0.15) is 0 Å². The van der Waals surface area contributed by atoms with Gasteiger partial charge in [0.25, 0.3) is 0 Å². The minimum Gasteiger partial charge on any atom is -0.372 e. The average molecular weight is 352 g/mol. The number of amides is 1. The first-order valence-electron chi connectivity index (χ1n) is 9.98. The topological polar surface area (TPSA) is 61.1 Å². The second kappa shape index (κ2) is 7.91. The molecule has 3 heterocycles. The van der Waals surface area contributed by atoms with E-state index in [2.05, 4.69) is 4.90 Å². The molecule has 0 aromatic carbocycles. The van der Waals surface area contributed by atoms with Gasteiger partial charge in [0.15, 0.2) is 0 Å². The minimum absolute atomic E-state index is 0.191. The van der Waals surface area contributed by atoms with Gasteiger partial charge in [0.2, 0.25) is 5.91 Å². The Hall–Kier alpha value is -0.690. The fraction of sp³-hybridized carbons (Fsp3) is 0.947. The first kappa shape index (κ1) is 17.7. The second-order valence-electron chi connectivity index (χ2n) is 8.41. The van der Waals surface area contributed by atoms with Gasteiger partial charge in [0.05, 0.1) is 38.1 Å². The van der Waals surface area contributed by atoms with E-state index in [0.717, 1.165) is 58.5 Å². The highest BCUT2D eigenvalue weighted by Gasteiger charge is 2.34. The van der Waals surface area contributed by atoms with Gasteiger partial charge in [0.1, 0.15) is 0 Å². The summed E-state index contributed by atoms with van der Waals surface area (Å²) in [6.07, 6.45) is 6.28. The molecule has 25 heavy (non-hydrogen) atoms. The molecule has 1 amide bonds. The molecular formula is C19H32N2O4. The standard InChI is InChI=1S/C19H32N2O4/c1-14(22)21(10-19-13-25-19)7-16-4-2-3-15(5-16)6-20(8-17-11-23-17)9-18-12-24-18/h15-19H,2-13H2,1H3. The molecule has 5 atom stereocenters. The number of rotatable bonds is 10. The van der Waals surface area contributed by atoms with Crippen LogP contribution >= 0.6 is 0 Å². The lowest BCUT2D eigenvalue weighted by molar-refractivity contribution is -0.130. The number of ether oxygens (including phenoxy) is 3. The predicted octanol–water partition coefficient (Wildman–Crippen LogP) is 1.14. The molecule has 0 radical (unpaired) electrons. The molecule has 0 bridgehead atoms. The van der Waals surface area contributed by atoms with Crippen LogP contribution in [0.15, 0.2) is 0 Å². The highest BCUT2D eigenvalue weighted by atomic mass is 16.6. The number of epoxide rings is 3. The lowest BCUT2D eigenvalue weighted by atomic mass is 9.80. The van der Waals surface area contributed by atoms with E-state index in [1.807, 2.05) is 4.90 Å². The third-order valence-electron chi connectivity index (χ3n) is 5.89. The van der Waals surface area contributed by atoms with Crippen LogP contribution in [0.5, 0.6) is 0 Å². The van der Waals surface area contributed by atoms with E-state index < -0.39 is 0 Å². The van der Waals surface area contributed by atoms with Gasteiger partial charge in [-0.15, -0.1) is 0 Å².